The van der Waals surface area contributed by atoms with Crippen LogP contribution in [0.5, 0.6) is 0 Å². The normalized spacial score (nSPS) is 16.2. The van der Waals surface area contributed by atoms with E-state index in [0.717, 1.165) is 17.9 Å². The predicted molar refractivity (Wildman–Crippen MR) is 76.6 cm³/mol. The molecular weight excluding hydrogens is 262 g/mol. The van der Waals surface area contributed by atoms with Gasteiger partial charge in [-0.05, 0) is 26.7 Å². The van der Waals surface area contributed by atoms with Crippen molar-refractivity contribution in [2.45, 2.75) is 58.5 Å². The maximum atomic E-state index is 12.0. The maximum Gasteiger partial charge on any atom is 0.152 e. The molecule has 1 N–H and O–H groups in total. The largest absolute Gasteiger partial charge is 0.307 e. The van der Waals surface area contributed by atoms with Crippen LogP contribution in [-0.2, 0) is 17.8 Å². The zero-order chi connectivity index (χ0) is 13.8. The molecule has 0 radical (unpaired) electrons. The van der Waals surface area contributed by atoms with Crippen molar-refractivity contribution in [3.05, 3.63) is 16.4 Å². The fourth-order valence-electron chi connectivity index (χ4n) is 2.68. The summed E-state index contributed by atoms with van der Waals surface area (Å²) in [6.07, 6.45) is 5.31. The highest BCUT2D eigenvalue weighted by molar-refractivity contribution is 6.32. The lowest BCUT2D eigenvalue weighted by molar-refractivity contribution is -0.117. The second-order valence-electron chi connectivity index (χ2n) is 5.24. The summed E-state index contributed by atoms with van der Waals surface area (Å²) in [4.78, 5) is 12.0. The van der Waals surface area contributed by atoms with Gasteiger partial charge in [0.15, 0.2) is 5.78 Å². The lowest BCUT2D eigenvalue weighted by Crippen LogP contribution is -2.32. The second kappa shape index (κ2) is 6.53. The number of carbonyl (C=O) groups excluding carboxylic acids is 1. The highest BCUT2D eigenvalue weighted by Gasteiger charge is 2.18. The van der Waals surface area contributed by atoms with Crippen LogP contribution in [0.2, 0.25) is 5.02 Å². The monoisotopic (exact) mass is 283 g/mol. The van der Waals surface area contributed by atoms with Crippen molar-refractivity contribution >= 4 is 17.4 Å². The first-order chi connectivity index (χ1) is 9.11. The first-order valence-electron chi connectivity index (χ1n) is 7.08. The number of hydrogen-bond donors (Lipinski definition) is 1. The number of Topliss-reactive ketones (excluding diaryl/α,β-unsaturated/α-hetero) is 1. The van der Waals surface area contributed by atoms with Gasteiger partial charge in [-0.15, -0.1) is 0 Å². The van der Waals surface area contributed by atoms with Crippen molar-refractivity contribution in [1.82, 2.24) is 15.1 Å². The number of hydrogen-bond acceptors (Lipinski definition) is 3. The fraction of sp³-hybridized carbons (Fsp3) is 0.714. The number of nitrogens with one attached hydrogen (secondary N) is 1. The molecule has 0 bridgehead atoms. The summed E-state index contributed by atoms with van der Waals surface area (Å²) in [6, 6.07) is 0.525. The van der Waals surface area contributed by atoms with E-state index >= 15 is 0 Å². The van der Waals surface area contributed by atoms with E-state index in [-0.39, 0.29) is 5.78 Å². The summed E-state index contributed by atoms with van der Waals surface area (Å²) in [7, 11) is 0. The molecule has 1 aromatic rings. The quantitative estimate of drug-likeness (QED) is 0.873. The van der Waals surface area contributed by atoms with Gasteiger partial charge in [-0.25, -0.2) is 0 Å². The molecule has 2 rings (SSSR count). The average molecular weight is 284 g/mol. The Morgan fingerprint density at radius 1 is 1.47 bits per heavy atom. The summed E-state index contributed by atoms with van der Waals surface area (Å²) in [5.74, 6) is 0.184. The van der Waals surface area contributed by atoms with Crippen LogP contribution in [0.1, 0.15) is 44.0 Å². The molecule has 5 heteroatoms. The van der Waals surface area contributed by atoms with Crippen LogP contribution in [0.4, 0.5) is 0 Å². The molecule has 4 nitrogen and oxygen atoms in total. The molecule has 0 unspecified atom stereocenters. The van der Waals surface area contributed by atoms with Crippen LogP contribution >= 0.6 is 11.6 Å². The van der Waals surface area contributed by atoms with Gasteiger partial charge in [0.2, 0.25) is 0 Å². The first kappa shape index (κ1) is 14.5. The number of carbonyl (C=O) groups is 1. The molecule has 1 aliphatic carbocycles. The standard InChI is InChI=1S/C14H22ClN3O/c1-3-18-13(14(15)10(2)17-18)8-12(19)9-16-11-6-4-5-7-11/h11,16H,3-9H2,1-2H3. The molecule has 0 aromatic carbocycles. The highest BCUT2D eigenvalue weighted by atomic mass is 35.5. The summed E-state index contributed by atoms with van der Waals surface area (Å²) < 4.78 is 1.82. The third-order valence-corrected chi connectivity index (χ3v) is 4.25. The number of ketones is 1. The van der Waals surface area contributed by atoms with Crippen molar-refractivity contribution in [3.63, 3.8) is 0 Å². The molecule has 0 saturated heterocycles. The topological polar surface area (TPSA) is 46.9 Å². The van der Waals surface area contributed by atoms with Crippen LogP contribution in [0.15, 0.2) is 0 Å². The Kier molecular flexibility index (Phi) is 4.99. The van der Waals surface area contributed by atoms with Gasteiger partial charge in [0, 0.05) is 12.6 Å². The number of aryl methyl sites for hydroxylation is 2. The third-order valence-electron chi connectivity index (χ3n) is 3.76. The van der Waals surface area contributed by atoms with Crippen molar-refractivity contribution in [2.24, 2.45) is 0 Å². The van der Waals surface area contributed by atoms with Crippen LogP contribution in [-0.4, -0.2) is 28.2 Å². The molecule has 19 heavy (non-hydrogen) atoms. The van der Waals surface area contributed by atoms with Crippen LogP contribution < -0.4 is 5.32 Å². The SMILES string of the molecule is CCn1nc(C)c(Cl)c1CC(=O)CNC1CCCC1. The molecule has 0 atom stereocenters. The van der Waals surface area contributed by atoms with E-state index in [4.69, 9.17) is 11.6 Å². The van der Waals surface area contributed by atoms with Crippen LogP contribution in [0.25, 0.3) is 0 Å². The summed E-state index contributed by atoms with van der Waals surface area (Å²) in [5, 5.41) is 8.31. The molecule has 0 spiro atoms. The Bertz CT molecular complexity index is 450. The van der Waals surface area contributed by atoms with Crippen LogP contribution in [0.3, 0.4) is 0 Å². The minimum absolute atomic E-state index is 0.184. The summed E-state index contributed by atoms with van der Waals surface area (Å²) >= 11 is 6.21. The van der Waals surface area contributed by atoms with Gasteiger partial charge in [0.25, 0.3) is 0 Å². The number of aromatic nitrogens is 2. The minimum atomic E-state index is 0.184. The summed E-state index contributed by atoms with van der Waals surface area (Å²) in [5.41, 5.74) is 1.65. The Morgan fingerprint density at radius 3 is 2.79 bits per heavy atom. The Balaban J connectivity index is 1.90. The van der Waals surface area contributed by atoms with E-state index in [1.54, 1.807) is 0 Å². The molecule has 1 saturated carbocycles. The Labute approximate surface area is 119 Å². The second-order valence-corrected chi connectivity index (χ2v) is 5.62. The van der Waals surface area contributed by atoms with Crippen molar-refractivity contribution < 1.29 is 4.79 Å². The Hall–Kier alpha value is -0.870. The van der Waals surface area contributed by atoms with Gasteiger partial charge in [0.05, 0.1) is 29.4 Å². The van der Waals surface area contributed by atoms with Gasteiger partial charge >= 0.3 is 0 Å². The van der Waals surface area contributed by atoms with E-state index in [9.17, 15) is 4.79 Å². The lowest BCUT2D eigenvalue weighted by Gasteiger charge is -2.11. The molecule has 106 valence electrons. The average Bonchev–Trinajstić information content (AvgIpc) is 3.00. The molecular formula is C14H22ClN3O. The molecule has 1 aliphatic rings. The van der Waals surface area contributed by atoms with Gasteiger partial charge in [-0.2, -0.15) is 5.10 Å². The third kappa shape index (κ3) is 3.57. The van der Waals surface area contributed by atoms with E-state index in [1.807, 2.05) is 18.5 Å². The van der Waals surface area contributed by atoms with E-state index in [1.165, 1.54) is 25.7 Å². The fourth-order valence-corrected chi connectivity index (χ4v) is 2.88. The van der Waals surface area contributed by atoms with E-state index < -0.39 is 0 Å². The molecule has 1 aromatic heterocycles. The highest BCUT2D eigenvalue weighted by Crippen LogP contribution is 2.21. The molecule has 1 heterocycles. The molecule has 0 aliphatic heterocycles. The first-order valence-corrected chi connectivity index (χ1v) is 7.46. The molecule has 1 fully saturated rings. The number of halogens is 1. The smallest absolute Gasteiger partial charge is 0.152 e. The zero-order valence-electron chi connectivity index (χ0n) is 11.7. The van der Waals surface area contributed by atoms with Crippen molar-refractivity contribution in [1.29, 1.82) is 0 Å². The van der Waals surface area contributed by atoms with E-state index in [0.29, 0.717) is 24.0 Å². The summed E-state index contributed by atoms with van der Waals surface area (Å²) in [6.45, 7) is 5.06. The number of rotatable bonds is 6. The van der Waals surface area contributed by atoms with Crippen molar-refractivity contribution in [2.75, 3.05) is 6.54 Å². The van der Waals surface area contributed by atoms with Gasteiger partial charge in [0.1, 0.15) is 0 Å². The van der Waals surface area contributed by atoms with Crippen molar-refractivity contribution in [3.8, 4) is 0 Å². The van der Waals surface area contributed by atoms with Crippen LogP contribution in [0, 0.1) is 6.92 Å². The zero-order valence-corrected chi connectivity index (χ0v) is 12.5. The molecule has 0 amide bonds. The minimum Gasteiger partial charge on any atom is -0.307 e. The van der Waals surface area contributed by atoms with Gasteiger partial charge in [-0.1, -0.05) is 24.4 Å². The maximum absolute atomic E-state index is 12.0. The van der Waals surface area contributed by atoms with Gasteiger partial charge in [-0.3, -0.25) is 9.48 Å². The van der Waals surface area contributed by atoms with Gasteiger partial charge < -0.3 is 5.32 Å². The Morgan fingerprint density at radius 2 is 2.16 bits per heavy atom. The van der Waals surface area contributed by atoms with E-state index in [2.05, 4.69) is 10.4 Å². The predicted octanol–water partition coefficient (Wildman–Crippen LogP) is 2.51. The number of nitrogens with zero attached hydrogens (tertiary/aromatic N) is 2. The lowest BCUT2D eigenvalue weighted by atomic mass is 10.2.